The number of ether oxygens (including phenoxy) is 1. The quantitative estimate of drug-likeness (QED) is 0.493. The molecule has 0 saturated heterocycles. The number of hydrogen-bond acceptors (Lipinski definition) is 4. The molecule has 1 aliphatic rings. The molecule has 0 amide bonds. The fourth-order valence-corrected chi connectivity index (χ4v) is 3.53. The van der Waals surface area contributed by atoms with E-state index < -0.39 is 5.97 Å². The third kappa shape index (κ3) is 2.34. The van der Waals surface area contributed by atoms with Crippen molar-refractivity contribution >= 4 is 39.9 Å². The topological polar surface area (TPSA) is 60.4 Å². The molecule has 0 aromatic heterocycles. The molecule has 0 unspecified atom stereocenters. The van der Waals surface area contributed by atoms with Gasteiger partial charge in [0.25, 0.3) is 0 Å². The largest absolute Gasteiger partial charge is 0.462 e. The first-order chi connectivity index (χ1) is 12.5. The fourth-order valence-electron chi connectivity index (χ4n) is 3.36. The van der Waals surface area contributed by atoms with Crippen molar-refractivity contribution in [1.82, 2.24) is 0 Å². The summed E-state index contributed by atoms with van der Waals surface area (Å²) in [7, 11) is 0. The van der Waals surface area contributed by atoms with Crippen LogP contribution in [-0.2, 0) is 4.74 Å². The molecule has 0 bridgehead atoms. The van der Waals surface area contributed by atoms with Crippen LogP contribution in [0, 0.1) is 0 Å². The van der Waals surface area contributed by atoms with E-state index in [9.17, 15) is 14.4 Å². The molecule has 3 aromatic carbocycles. The molecule has 0 radical (unpaired) electrons. The first kappa shape index (κ1) is 16.5. The van der Waals surface area contributed by atoms with Gasteiger partial charge in [-0.05, 0) is 35.9 Å². The number of ketones is 2. The van der Waals surface area contributed by atoms with Crippen LogP contribution < -0.4 is 0 Å². The van der Waals surface area contributed by atoms with Gasteiger partial charge in [0.15, 0.2) is 11.6 Å². The number of halogens is 1. The van der Waals surface area contributed by atoms with E-state index in [2.05, 4.69) is 0 Å². The highest BCUT2D eigenvalue weighted by atomic mass is 35.5. The van der Waals surface area contributed by atoms with Crippen LogP contribution in [-0.4, -0.2) is 24.1 Å². The molecule has 3 aromatic rings. The second-order valence-electron chi connectivity index (χ2n) is 5.96. The van der Waals surface area contributed by atoms with Crippen LogP contribution in [0.1, 0.15) is 49.1 Å². The first-order valence-corrected chi connectivity index (χ1v) is 8.52. The van der Waals surface area contributed by atoms with E-state index in [1.54, 1.807) is 55.5 Å². The first-order valence-electron chi connectivity index (χ1n) is 8.14. The molecule has 0 fully saturated rings. The molecule has 0 atom stereocenters. The van der Waals surface area contributed by atoms with Crippen molar-refractivity contribution in [2.24, 2.45) is 0 Å². The predicted octanol–water partition coefficient (Wildman–Crippen LogP) is 4.45. The van der Waals surface area contributed by atoms with Gasteiger partial charge in [0, 0.05) is 27.3 Å². The van der Waals surface area contributed by atoms with E-state index in [-0.39, 0.29) is 40.4 Å². The van der Waals surface area contributed by atoms with Gasteiger partial charge < -0.3 is 4.74 Å². The highest BCUT2D eigenvalue weighted by molar-refractivity contribution is 6.34. The molecule has 1 aliphatic carbocycles. The summed E-state index contributed by atoms with van der Waals surface area (Å²) in [5.74, 6) is -1.28. The minimum atomic E-state index is -0.642. The minimum Gasteiger partial charge on any atom is -0.462 e. The smallest absolute Gasteiger partial charge is 0.339 e. The Bertz CT molecular complexity index is 1110. The number of carbonyl (C=O) groups is 3. The van der Waals surface area contributed by atoms with Crippen LogP contribution in [0.2, 0.25) is 5.02 Å². The van der Waals surface area contributed by atoms with Gasteiger partial charge >= 0.3 is 5.97 Å². The van der Waals surface area contributed by atoms with Crippen LogP contribution in [0.4, 0.5) is 0 Å². The second-order valence-corrected chi connectivity index (χ2v) is 6.40. The predicted molar refractivity (Wildman–Crippen MR) is 98.2 cm³/mol. The summed E-state index contributed by atoms with van der Waals surface area (Å²) >= 11 is 6.10. The summed E-state index contributed by atoms with van der Waals surface area (Å²) in [6, 6.07) is 13.3. The van der Waals surface area contributed by atoms with Crippen LogP contribution in [0.3, 0.4) is 0 Å². The van der Waals surface area contributed by atoms with Gasteiger partial charge in [0.2, 0.25) is 0 Å². The molecule has 0 saturated carbocycles. The van der Waals surface area contributed by atoms with Crippen LogP contribution in [0.25, 0.3) is 10.8 Å². The molecule has 26 heavy (non-hydrogen) atoms. The normalized spacial score (nSPS) is 12.7. The van der Waals surface area contributed by atoms with E-state index in [4.69, 9.17) is 16.3 Å². The number of carbonyl (C=O) groups excluding carboxylic acids is 3. The molecule has 0 aliphatic heterocycles. The van der Waals surface area contributed by atoms with Gasteiger partial charge in [-0.2, -0.15) is 0 Å². The van der Waals surface area contributed by atoms with Gasteiger partial charge in [0.1, 0.15) is 0 Å². The van der Waals surface area contributed by atoms with Crippen LogP contribution >= 0.6 is 11.6 Å². The van der Waals surface area contributed by atoms with Gasteiger partial charge in [-0.15, -0.1) is 0 Å². The Labute approximate surface area is 154 Å². The maximum Gasteiger partial charge on any atom is 0.339 e. The fraction of sp³-hybridized carbons (Fsp3) is 0.0952. The molecule has 4 rings (SSSR count). The van der Waals surface area contributed by atoms with Gasteiger partial charge in [0.05, 0.1) is 12.2 Å². The Morgan fingerprint density at radius 3 is 2.35 bits per heavy atom. The molecule has 0 N–H and O–H groups in total. The van der Waals surface area contributed by atoms with Gasteiger partial charge in [-0.1, -0.05) is 41.9 Å². The number of rotatable bonds is 2. The highest BCUT2D eigenvalue weighted by Gasteiger charge is 2.35. The second kappa shape index (κ2) is 6.07. The molecule has 128 valence electrons. The van der Waals surface area contributed by atoms with Crippen molar-refractivity contribution < 1.29 is 19.1 Å². The Balaban J connectivity index is 2.13. The summed E-state index contributed by atoms with van der Waals surface area (Å²) < 4.78 is 5.17. The van der Waals surface area contributed by atoms with E-state index in [1.807, 2.05) is 0 Å². The molecular weight excluding hydrogens is 352 g/mol. The minimum absolute atomic E-state index is 0.0851. The maximum absolute atomic E-state index is 13.1. The summed E-state index contributed by atoms with van der Waals surface area (Å²) in [5, 5.41) is 1.57. The van der Waals surface area contributed by atoms with Crippen molar-refractivity contribution in [3.05, 3.63) is 81.4 Å². The summed E-state index contributed by atoms with van der Waals surface area (Å²) in [6.45, 7) is 1.84. The lowest BCUT2D eigenvalue weighted by Gasteiger charge is -2.21. The molecule has 5 heteroatoms. The standard InChI is InChI=1S/C21H13ClO4/c1-2-26-21(25)18-15-10-12(22)8-7-11(15)9-16-17(18)20(24)14-6-4-3-5-13(14)19(16)23/h3-10H,2H2,1H3. The number of benzene rings is 3. The summed E-state index contributed by atoms with van der Waals surface area (Å²) in [4.78, 5) is 38.8. The number of esters is 1. The van der Waals surface area contributed by atoms with Crippen molar-refractivity contribution in [1.29, 1.82) is 0 Å². The third-order valence-electron chi connectivity index (χ3n) is 4.47. The Hall–Kier alpha value is -2.98. The highest BCUT2D eigenvalue weighted by Crippen LogP contribution is 2.35. The zero-order valence-electron chi connectivity index (χ0n) is 13.8. The average Bonchev–Trinajstić information content (AvgIpc) is 2.64. The van der Waals surface area contributed by atoms with E-state index >= 15 is 0 Å². The zero-order chi connectivity index (χ0) is 18.4. The van der Waals surface area contributed by atoms with Crippen molar-refractivity contribution in [2.45, 2.75) is 6.92 Å². The summed E-state index contributed by atoms with van der Waals surface area (Å²) in [5.41, 5.74) is 1.02. The number of fused-ring (bicyclic) bond motifs is 3. The van der Waals surface area contributed by atoms with Gasteiger partial charge in [-0.25, -0.2) is 4.79 Å². The molecule has 4 nitrogen and oxygen atoms in total. The maximum atomic E-state index is 13.1. The van der Waals surface area contributed by atoms with Gasteiger partial charge in [-0.3, -0.25) is 9.59 Å². The SMILES string of the molecule is CCOC(=O)c1c2c(cc3ccc(Cl)cc13)C(=O)c1ccccc1C2=O. The zero-order valence-corrected chi connectivity index (χ0v) is 14.6. The lowest BCUT2D eigenvalue weighted by Crippen LogP contribution is -2.24. The Kier molecular flexibility index (Phi) is 3.85. The van der Waals surface area contributed by atoms with Crippen LogP contribution in [0.5, 0.6) is 0 Å². The Morgan fingerprint density at radius 1 is 0.962 bits per heavy atom. The average molecular weight is 365 g/mol. The molecular formula is C21H13ClO4. The lowest BCUT2D eigenvalue weighted by atomic mass is 9.80. The van der Waals surface area contributed by atoms with E-state index in [0.29, 0.717) is 21.4 Å². The number of hydrogen-bond donors (Lipinski definition) is 0. The Morgan fingerprint density at radius 2 is 1.65 bits per heavy atom. The van der Waals surface area contributed by atoms with Crippen molar-refractivity contribution in [3.63, 3.8) is 0 Å². The van der Waals surface area contributed by atoms with E-state index in [1.165, 1.54) is 0 Å². The third-order valence-corrected chi connectivity index (χ3v) is 4.71. The van der Waals surface area contributed by atoms with E-state index in [0.717, 1.165) is 0 Å². The summed E-state index contributed by atoms with van der Waals surface area (Å²) in [6.07, 6.45) is 0. The lowest BCUT2D eigenvalue weighted by molar-refractivity contribution is 0.0526. The van der Waals surface area contributed by atoms with Crippen molar-refractivity contribution in [2.75, 3.05) is 6.61 Å². The van der Waals surface area contributed by atoms with Crippen LogP contribution in [0.15, 0.2) is 48.5 Å². The molecule has 0 heterocycles. The van der Waals surface area contributed by atoms with Crippen molar-refractivity contribution in [3.8, 4) is 0 Å². The monoisotopic (exact) mass is 364 g/mol. The molecule has 0 spiro atoms.